The van der Waals surface area contributed by atoms with Crippen molar-refractivity contribution in [3.05, 3.63) is 80.8 Å². The molecule has 0 unspecified atom stereocenters. The van der Waals surface area contributed by atoms with Crippen LogP contribution < -0.4 is 10.3 Å². The van der Waals surface area contributed by atoms with Gasteiger partial charge in [-0.25, -0.2) is 4.98 Å². The van der Waals surface area contributed by atoms with Gasteiger partial charge in [0.05, 0.1) is 23.2 Å². The fourth-order valence-electron chi connectivity index (χ4n) is 3.69. The Labute approximate surface area is 195 Å². The van der Waals surface area contributed by atoms with E-state index in [0.717, 1.165) is 39.4 Å². The van der Waals surface area contributed by atoms with Crippen LogP contribution in [0.4, 0.5) is 0 Å². The van der Waals surface area contributed by atoms with Crippen molar-refractivity contribution in [3.63, 3.8) is 0 Å². The van der Waals surface area contributed by atoms with E-state index in [0.29, 0.717) is 23.1 Å². The summed E-state index contributed by atoms with van der Waals surface area (Å²) in [6.45, 7) is 6.11. The average Bonchev–Trinajstić information content (AvgIpc) is 2.78. The van der Waals surface area contributed by atoms with Gasteiger partial charge in [0.15, 0.2) is 0 Å². The summed E-state index contributed by atoms with van der Waals surface area (Å²) in [6.07, 6.45) is 4.36. The Balaban J connectivity index is 1.91. The van der Waals surface area contributed by atoms with Gasteiger partial charge in [-0.15, -0.1) is 0 Å². The van der Waals surface area contributed by atoms with E-state index in [4.69, 9.17) is 9.72 Å². The maximum atomic E-state index is 13.4. The number of aromatic nitrogens is 2. The molecule has 1 heterocycles. The first-order valence-electron chi connectivity index (χ1n) is 10.9. The number of nitrogens with zero attached hydrogens (tertiary/aromatic N) is 3. The molecule has 0 bridgehead atoms. The van der Waals surface area contributed by atoms with Crippen LogP contribution in [0.2, 0.25) is 0 Å². The van der Waals surface area contributed by atoms with Gasteiger partial charge >= 0.3 is 0 Å². The van der Waals surface area contributed by atoms with E-state index in [9.17, 15) is 4.79 Å². The number of benzene rings is 3. The predicted molar refractivity (Wildman–Crippen MR) is 135 cm³/mol. The van der Waals surface area contributed by atoms with Crippen molar-refractivity contribution in [2.45, 2.75) is 46.1 Å². The molecule has 0 aliphatic rings. The van der Waals surface area contributed by atoms with Crippen LogP contribution in [-0.4, -0.2) is 22.0 Å². The highest BCUT2D eigenvalue weighted by Crippen LogP contribution is 2.27. The molecule has 0 saturated carbocycles. The largest absolute Gasteiger partial charge is 0.490 e. The number of rotatable bonds is 7. The molecule has 0 amide bonds. The molecule has 1 aromatic heterocycles. The SMILES string of the molecule is CCCCc1nc2ccc(Br)cc2c(=O)n1N=Cc1c(OC(C)C)ccc2ccccc12. The minimum Gasteiger partial charge on any atom is -0.490 e. The van der Waals surface area contributed by atoms with Gasteiger partial charge in [0.1, 0.15) is 11.6 Å². The molecule has 4 aromatic rings. The summed E-state index contributed by atoms with van der Waals surface area (Å²) in [5.41, 5.74) is 1.36. The number of unbranched alkanes of at least 4 members (excludes halogenated alkanes) is 1. The summed E-state index contributed by atoms with van der Waals surface area (Å²) in [5, 5.41) is 7.29. The van der Waals surface area contributed by atoms with Crippen LogP contribution in [0.25, 0.3) is 21.7 Å². The summed E-state index contributed by atoms with van der Waals surface area (Å²) >= 11 is 3.46. The van der Waals surface area contributed by atoms with Crippen LogP contribution in [0.3, 0.4) is 0 Å². The number of ether oxygens (including phenoxy) is 1. The summed E-state index contributed by atoms with van der Waals surface area (Å²) < 4.78 is 8.32. The van der Waals surface area contributed by atoms with Crippen molar-refractivity contribution in [3.8, 4) is 5.75 Å². The zero-order valence-corrected chi connectivity index (χ0v) is 20.1. The van der Waals surface area contributed by atoms with Gasteiger partial charge in [-0.05, 0) is 55.3 Å². The zero-order valence-electron chi connectivity index (χ0n) is 18.5. The van der Waals surface area contributed by atoms with E-state index in [1.807, 2.05) is 56.3 Å². The van der Waals surface area contributed by atoms with E-state index in [2.05, 4.69) is 34.0 Å². The Morgan fingerprint density at radius 2 is 1.94 bits per heavy atom. The van der Waals surface area contributed by atoms with E-state index in [1.165, 1.54) is 4.68 Å². The number of halogens is 1. The van der Waals surface area contributed by atoms with Crippen molar-refractivity contribution < 1.29 is 4.74 Å². The highest BCUT2D eigenvalue weighted by molar-refractivity contribution is 9.10. The molecule has 5 nitrogen and oxygen atoms in total. The summed E-state index contributed by atoms with van der Waals surface area (Å²) in [4.78, 5) is 18.1. The molecule has 0 aliphatic heterocycles. The first-order chi connectivity index (χ1) is 15.5. The third-order valence-electron chi connectivity index (χ3n) is 5.22. The minimum absolute atomic E-state index is 0.0193. The van der Waals surface area contributed by atoms with Gasteiger partial charge in [-0.3, -0.25) is 4.79 Å². The minimum atomic E-state index is -0.176. The Bertz CT molecular complexity index is 1360. The van der Waals surface area contributed by atoms with Crippen LogP contribution in [-0.2, 0) is 6.42 Å². The summed E-state index contributed by atoms with van der Waals surface area (Å²) in [7, 11) is 0. The predicted octanol–water partition coefficient (Wildman–Crippen LogP) is 6.32. The zero-order chi connectivity index (χ0) is 22.7. The highest BCUT2D eigenvalue weighted by Gasteiger charge is 2.13. The smallest absolute Gasteiger partial charge is 0.282 e. The monoisotopic (exact) mass is 491 g/mol. The highest BCUT2D eigenvalue weighted by atomic mass is 79.9. The Morgan fingerprint density at radius 1 is 1.12 bits per heavy atom. The molecule has 3 aromatic carbocycles. The van der Waals surface area contributed by atoms with Crippen LogP contribution in [0.5, 0.6) is 5.75 Å². The van der Waals surface area contributed by atoms with Crippen LogP contribution in [0.1, 0.15) is 45.0 Å². The maximum absolute atomic E-state index is 13.4. The lowest BCUT2D eigenvalue weighted by atomic mass is 10.0. The van der Waals surface area contributed by atoms with Gasteiger partial charge in [0.2, 0.25) is 0 Å². The normalized spacial score (nSPS) is 11.8. The molecule has 6 heteroatoms. The topological polar surface area (TPSA) is 56.5 Å². The van der Waals surface area contributed by atoms with Gasteiger partial charge in [-0.2, -0.15) is 9.78 Å². The molecule has 0 atom stereocenters. The first-order valence-corrected chi connectivity index (χ1v) is 11.7. The number of aryl methyl sites for hydroxylation is 1. The average molecular weight is 492 g/mol. The fourth-order valence-corrected chi connectivity index (χ4v) is 4.05. The van der Waals surface area contributed by atoms with E-state index < -0.39 is 0 Å². The lowest BCUT2D eigenvalue weighted by molar-refractivity contribution is 0.242. The fraction of sp³-hybridized carbons (Fsp3) is 0.269. The van der Waals surface area contributed by atoms with Crippen molar-refractivity contribution in [1.29, 1.82) is 0 Å². The molecule has 0 radical (unpaired) electrons. The maximum Gasteiger partial charge on any atom is 0.282 e. The standard InChI is InChI=1S/C26H26BrN3O2/c1-4-5-10-25-29-23-13-12-19(27)15-21(23)26(31)30(25)28-16-22-20-9-7-6-8-18(20)11-14-24(22)32-17(2)3/h6-9,11-17H,4-5,10H2,1-3H3. The van der Waals surface area contributed by atoms with Crippen molar-refractivity contribution >= 4 is 43.8 Å². The van der Waals surface area contributed by atoms with Crippen LogP contribution in [0.15, 0.2) is 69.0 Å². The van der Waals surface area contributed by atoms with E-state index in [1.54, 1.807) is 12.3 Å². The Morgan fingerprint density at radius 3 is 2.72 bits per heavy atom. The second-order valence-corrected chi connectivity index (χ2v) is 8.94. The van der Waals surface area contributed by atoms with Gasteiger partial charge in [0.25, 0.3) is 5.56 Å². The molecule has 0 spiro atoms. The molecular weight excluding hydrogens is 466 g/mol. The summed E-state index contributed by atoms with van der Waals surface area (Å²) in [5.74, 6) is 1.40. The quantitative estimate of drug-likeness (QED) is 0.284. The number of fused-ring (bicyclic) bond motifs is 2. The molecule has 0 aliphatic carbocycles. The number of hydrogen-bond acceptors (Lipinski definition) is 4. The Kier molecular flexibility index (Phi) is 6.70. The first kappa shape index (κ1) is 22.2. The van der Waals surface area contributed by atoms with Crippen LogP contribution in [0, 0.1) is 0 Å². The van der Waals surface area contributed by atoms with Crippen molar-refractivity contribution in [2.75, 3.05) is 0 Å². The lowest BCUT2D eigenvalue weighted by Gasteiger charge is -2.14. The second-order valence-electron chi connectivity index (χ2n) is 8.02. The van der Waals surface area contributed by atoms with E-state index in [-0.39, 0.29) is 11.7 Å². The van der Waals surface area contributed by atoms with Crippen molar-refractivity contribution in [1.82, 2.24) is 9.66 Å². The van der Waals surface area contributed by atoms with Gasteiger partial charge < -0.3 is 4.74 Å². The summed E-state index contributed by atoms with van der Waals surface area (Å²) in [6, 6.07) is 17.7. The molecule has 164 valence electrons. The molecule has 0 saturated heterocycles. The van der Waals surface area contributed by atoms with E-state index >= 15 is 0 Å². The second kappa shape index (κ2) is 9.65. The Hall–Kier alpha value is -2.99. The third-order valence-corrected chi connectivity index (χ3v) is 5.72. The lowest BCUT2D eigenvalue weighted by Crippen LogP contribution is -2.22. The molecule has 4 rings (SSSR count). The van der Waals surface area contributed by atoms with Crippen molar-refractivity contribution in [2.24, 2.45) is 5.10 Å². The molecule has 32 heavy (non-hydrogen) atoms. The molecule has 0 N–H and O–H groups in total. The third kappa shape index (κ3) is 4.60. The molecule has 0 fully saturated rings. The van der Waals surface area contributed by atoms with Crippen LogP contribution >= 0.6 is 15.9 Å². The molecular formula is C26H26BrN3O2. The van der Waals surface area contributed by atoms with Gasteiger partial charge in [-0.1, -0.05) is 59.6 Å². The number of hydrogen-bond donors (Lipinski definition) is 0. The van der Waals surface area contributed by atoms with Gasteiger partial charge in [0, 0.05) is 16.5 Å².